The van der Waals surface area contributed by atoms with E-state index in [1.165, 1.54) is 12.1 Å². The van der Waals surface area contributed by atoms with Gasteiger partial charge in [0.15, 0.2) is 0 Å². The van der Waals surface area contributed by atoms with Gasteiger partial charge in [0.2, 0.25) is 10.0 Å². The van der Waals surface area contributed by atoms with Gasteiger partial charge in [-0.2, -0.15) is 4.31 Å². The van der Waals surface area contributed by atoms with E-state index >= 15 is 0 Å². The third-order valence-corrected chi connectivity index (χ3v) is 6.28. The average Bonchev–Trinajstić information content (AvgIpc) is 2.77. The highest BCUT2D eigenvalue weighted by Gasteiger charge is 2.34. The lowest BCUT2D eigenvalue weighted by atomic mass is 10.3. The second-order valence-corrected chi connectivity index (χ2v) is 8.35. The van der Waals surface area contributed by atoms with Crippen LogP contribution in [0.2, 0.25) is 0 Å². The lowest BCUT2D eigenvalue weighted by Crippen LogP contribution is -2.53. The lowest BCUT2D eigenvalue weighted by molar-refractivity contribution is -0.140. The molecular formula is C19H21FN4O5S. The minimum Gasteiger partial charge on any atom is -0.360 e. The Labute approximate surface area is 173 Å². The third kappa shape index (κ3) is 5.38. The zero-order valence-electron chi connectivity index (χ0n) is 16.0. The molecule has 3 rings (SSSR count). The highest BCUT2D eigenvalue weighted by Crippen LogP contribution is 2.22. The number of carbonyl (C=O) groups is 2. The molecule has 11 heteroatoms. The zero-order chi connectivity index (χ0) is 21.6. The molecule has 9 nitrogen and oxygen atoms in total. The van der Waals surface area contributed by atoms with Crippen LogP contribution in [0.1, 0.15) is 12.1 Å². The first-order chi connectivity index (χ1) is 14.4. The van der Waals surface area contributed by atoms with E-state index in [1.54, 1.807) is 24.4 Å². The maximum Gasteiger partial charge on any atom is 0.309 e. The van der Waals surface area contributed by atoms with Crippen LogP contribution >= 0.6 is 0 Å². The molecule has 0 saturated carbocycles. The van der Waals surface area contributed by atoms with Crippen molar-refractivity contribution in [1.82, 2.24) is 19.9 Å². The molecule has 1 aliphatic rings. The number of pyridine rings is 1. The number of halogens is 1. The SMILES string of the molecule is O=C(NCc1ccccn1)C(=O)NC[C@@H]1OCCCN1S(=O)(=O)c1ccc(F)cc1. The molecule has 1 aliphatic heterocycles. The van der Waals surface area contributed by atoms with Gasteiger partial charge in [-0.3, -0.25) is 14.6 Å². The molecule has 0 radical (unpaired) electrons. The van der Waals surface area contributed by atoms with Crippen LogP contribution in [0.3, 0.4) is 0 Å². The van der Waals surface area contributed by atoms with Crippen LogP contribution in [0.15, 0.2) is 53.6 Å². The first kappa shape index (κ1) is 21.8. The zero-order valence-corrected chi connectivity index (χ0v) is 16.8. The standard InChI is InChI=1S/C19H21FN4O5S/c20-14-5-7-16(8-6-14)30(27,28)24-10-3-11-29-17(24)13-23-19(26)18(25)22-12-15-4-1-2-9-21-15/h1-2,4-9,17H,3,10-13H2,(H,22,25)(H,23,26)/t17-/m0/s1. The smallest absolute Gasteiger partial charge is 0.309 e. The monoisotopic (exact) mass is 436 g/mol. The molecule has 1 saturated heterocycles. The number of benzene rings is 1. The van der Waals surface area contributed by atoms with Gasteiger partial charge in [0.05, 0.1) is 30.3 Å². The molecule has 0 bridgehead atoms. The van der Waals surface area contributed by atoms with Crippen molar-refractivity contribution in [2.24, 2.45) is 0 Å². The number of ether oxygens (including phenoxy) is 1. The Morgan fingerprint density at radius 3 is 2.57 bits per heavy atom. The van der Waals surface area contributed by atoms with E-state index in [1.807, 2.05) is 0 Å². The first-order valence-corrected chi connectivity index (χ1v) is 10.7. The number of sulfonamides is 1. The summed E-state index contributed by atoms with van der Waals surface area (Å²) in [6.45, 7) is 0.350. The Bertz CT molecular complexity index is 986. The number of hydrogen-bond donors (Lipinski definition) is 2. The summed E-state index contributed by atoms with van der Waals surface area (Å²) >= 11 is 0. The summed E-state index contributed by atoms with van der Waals surface area (Å²) in [7, 11) is -3.96. The van der Waals surface area contributed by atoms with Crippen LogP contribution < -0.4 is 10.6 Å². The normalized spacial score (nSPS) is 17.3. The van der Waals surface area contributed by atoms with Crippen LogP contribution in [-0.2, 0) is 30.9 Å². The molecule has 2 N–H and O–H groups in total. The van der Waals surface area contributed by atoms with Crippen molar-refractivity contribution in [1.29, 1.82) is 0 Å². The van der Waals surface area contributed by atoms with Crippen molar-refractivity contribution < 1.29 is 27.1 Å². The molecule has 2 amide bonds. The fourth-order valence-corrected chi connectivity index (χ4v) is 4.42. The van der Waals surface area contributed by atoms with Crippen molar-refractivity contribution in [2.45, 2.75) is 24.1 Å². The van der Waals surface area contributed by atoms with Gasteiger partial charge in [-0.05, 0) is 42.8 Å². The molecule has 0 spiro atoms. The van der Waals surface area contributed by atoms with Gasteiger partial charge in [-0.15, -0.1) is 0 Å². The Kier molecular flexibility index (Phi) is 7.08. The minimum absolute atomic E-state index is 0.0814. The molecule has 160 valence electrons. The first-order valence-electron chi connectivity index (χ1n) is 9.23. The lowest BCUT2D eigenvalue weighted by Gasteiger charge is -2.34. The number of amides is 2. The molecule has 30 heavy (non-hydrogen) atoms. The molecule has 0 unspecified atom stereocenters. The fraction of sp³-hybridized carbons (Fsp3) is 0.316. The van der Waals surface area contributed by atoms with Crippen LogP contribution in [0.25, 0.3) is 0 Å². The van der Waals surface area contributed by atoms with Crippen molar-refractivity contribution in [3.63, 3.8) is 0 Å². The van der Waals surface area contributed by atoms with Crippen molar-refractivity contribution in [2.75, 3.05) is 19.7 Å². The maximum atomic E-state index is 13.1. The number of aromatic nitrogens is 1. The molecule has 1 aromatic carbocycles. The quantitative estimate of drug-likeness (QED) is 0.633. The van der Waals surface area contributed by atoms with Gasteiger partial charge in [0.1, 0.15) is 12.0 Å². The number of nitrogens with one attached hydrogen (secondary N) is 2. The molecule has 1 atom stereocenters. The largest absolute Gasteiger partial charge is 0.360 e. The van der Waals surface area contributed by atoms with E-state index in [4.69, 9.17) is 4.74 Å². The summed E-state index contributed by atoms with van der Waals surface area (Å²) in [5.41, 5.74) is 0.589. The molecular weight excluding hydrogens is 415 g/mol. The second kappa shape index (κ2) is 9.74. The van der Waals surface area contributed by atoms with Crippen molar-refractivity contribution >= 4 is 21.8 Å². The summed E-state index contributed by atoms with van der Waals surface area (Å²) < 4.78 is 45.5. The Hall–Kier alpha value is -2.89. The van der Waals surface area contributed by atoms with E-state index in [0.29, 0.717) is 18.7 Å². The predicted molar refractivity (Wildman–Crippen MR) is 104 cm³/mol. The second-order valence-electron chi connectivity index (χ2n) is 6.46. The summed E-state index contributed by atoms with van der Waals surface area (Å²) in [5.74, 6) is -2.34. The van der Waals surface area contributed by atoms with Gasteiger partial charge >= 0.3 is 11.8 Å². The predicted octanol–water partition coefficient (Wildman–Crippen LogP) is 0.390. The minimum atomic E-state index is -3.96. The third-order valence-electron chi connectivity index (χ3n) is 4.37. The molecule has 2 aromatic rings. The van der Waals surface area contributed by atoms with E-state index < -0.39 is 33.9 Å². The van der Waals surface area contributed by atoms with E-state index in [-0.39, 0.29) is 24.5 Å². The van der Waals surface area contributed by atoms with Gasteiger partial charge in [-0.1, -0.05) is 6.07 Å². The summed E-state index contributed by atoms with van der Waals surface area (Å²) in [6.07, 6.45) is 1.05. The van der Waals surface area contributed by atoms with Crippen LogP contribution in [0.5, 0.6) is 0 Å². The number of nitrogens with zero attached hydrogens (tertiary/aromatic N) is 2. The number of rotatable bonds is 6. The average molecular weight is 436 g/mol. The van der Waals surface area contributed by atoms with Crippen LogP contribution in [0.4, 0.5) is 4.39 Å². The van der Waals surface area contributed by atoms with Gasteiger partial charge in [-0.25, -0.2) is 12.8 Å². The Morgan fingerprint density at radius 1 is 1.13 bits per heavy atom. The Morgan fingerprint density at radius 2 is 1.87 bits per heavy atom. The van der Waals surface area contributed by atoms with Crippen molar-refractivity contribution in [3.05, 3.63) is 60.2 Å². The van der Waals surface area contributed by atoms with Gasteiger partial charge < -0.3 is 15.4 Å². The maximum absolute atomic E-state index is 13.1. The summed E-state index contributed by atoms with van der Waals surface area (Å²) in [4.78, 5) is 28.0. The number of hydrogen-bond acceptors (Lipinski definition) is 6. The molecule has 2 heterocycles. The summed E-state index contributed by atoms with van der Waals surface area (Å²) in [5, 5.41) is 4.83. The molecule has 0 aliphatic carbocycles. The highest BCUT2D eigenvalue weighted by molar-refractivity contribution is 7.89. The molecule has 1 aromatic heterocycles. The highest BCUT2D eigenvalue weighted by atomic mass is 32.2. The Balaban J connectivity index is 1.59. The number of carbonyl (C=O) groups excluding carboxylic acids is 2. The van der Waals surface area contributed by atoms with Gasteiger partial charge in [0, 0.05) is 12.7 Å². The van der Waals surface area contributed by atoms with Crippen LogP contribution in [-0.4, -0.2) is 55.4 Å². The van der Waals surface area contributed by atoms with E-state index in [0.717, 1.165) is 16.4 Å². The van der Waals surface area contributed by atoms with Gasteiger partial charge in [0.25, 0.3) is 0 Å². The van der Waals surface area contributed by atoms with E-state index in [2.05, 4.69) is 15.6 Å². The van der Waals surface area contributed by atoms with Crippen molar-refractivity contribution in [3.8, 4) is 0 Å². The van der Waals surface area contributed by atoms with E-state index in [9.17, 15) is 22.4 Å². The topological polar surface area (TPSA) is 118 Å². The summed E-state index contributed by atoms with van der Waals surface area (Å²) in [6, 6.07) is 9.63. The molecule has 1 fully saturated rings. The fourth-order valence-electron chi connectivity index (χ4n) is 2.86. The van der Waals surface area contributed by atoms with Crippen LogP contribution in [0, 0.1) is 5.82 Å².